The van der Waals surface area contributed by atoms with Crippen molar-refractivity contribution in [2.75, 3.05) is 18.6 Å². The zero-order valence-electron chi connectivity index (χ0n) is 8.33. The zero-order chi connectivity index (χ0) is 10.8. The van der Waals surface area contributed by atoms with Crippen LogP contribution in [0.3, 0.4) is 0 Å². The summed E-state index contributed by atoms with van der Waals surface area (Å²) in [5.41, 5.74) is 0.375. The normalized spacial score (nSPS) is 19.6. The summed E-state index contributed by atoms with van der Waals surface area (Å²) in [6, 6.07) is 4.07. The second-order valence-electron chi connectivity index (χ2n) is 3.47. The van der Waals surface area contributed by atoms with Crippen molar-refractivity contribution in [3.8, 4) is 5.75 Å². The Morgan fingerprint density at radius 1 is 1.60 bits per heavy atom. The van der Waals surface area contributed by atoms with E-state index in [1.165, 1.54) is 18.2 Å². The minimum atomic E-state index is -0.393. The molecule has 2 rings (SSSR count). The fourth-order valence-corrected chi connectivity index (χ4v) is 2.28. The van der Waals surface area contributed by atoms with Gasteiger partial charge in [-0.15, -0.1) is 0 Å². The predicted molar refractivity (Wildman–Crippen MR) is 58.1 cm³/mol. The Hall–Kier alpha value is -1.03. The quantitative estimate of drug-likeness (QED) is 0.774. The molecular formula is C11H11FO2S. The Kier molecular flexibility index (Phi) is 2.95. The van der Waals surface area contributed by atoms with Gasteiger partial charge in [-0.25, -0.2) is 4.39 Å². The van der Waals surface area contributed by atoms with Crippen LogP contribution in [0.25, 0.3) is 0 Å². The van der Waals surface area contributed by atoms with Crippen molar-refractivity contribution in [3.63, 3.8) is 0 Å². The van der Waals surface area contributed by atoms with Crippen LogP contribution in [0.4, 0.5) is 4.39 Å². The molecule has 0 N–H and O–H groups in total. The summed E-state index contributed by atoms with van der Waals surface area (Å²) in [5.74, 6) is 0.670. The van der Waals surface area contributed by atoms with Gasteiger partial charge >= 0.3 is 0 Å². The van der Waals surface area contributed by atoms with Crippen LogP contribution in [0, 0.1) is 11.7 Å². The Morgan fingerprint density at radius 3 is 3.13 bits per heavy atom. The Balaban J connectivity index is 2.32. The third-order valence-corrected chi connectivity index (χ3v) is 3.12. The number of benzene rings is 1. The van der Waals surface area contributed by atoms with Crippen LogP contribution in [0.15, 0.2) is 18.2 Å². The number of ketones is 1. The lowest BCUT2D eigenvalue weighted by atomic mass is 9.96. The minimum absolute atomic E-state index is 0.00917. The van der Waals surface area contributed by atoms with Gasteiger partial charge in [0.1, 0.15) is 11.6 Å². The molecule has 0 spiro atoms. The highest BCUT2D eigenvalue weighted by atomic mass is 32.2. The molecule has 1 unspecified atom stereocenters. The zero-order valence-corrected chi connectivity index (χ0v) is 9.14. The number of fused-ring (bicyclic) bond motifs is 1. The maximum absolute atomic E-state index is 13.0. The molecule has 0 aromatic heterocycles. The molecule has 1 atom stereocenters. The van der Waals surface area contributed by atoms with Crippen LogP contribution < -0.4 is 4.74 Å². The van der Waals surface area contributed by atoms with E-state index in [1.54, 1.807) is 11.8 Å². The third-order valence-electron chi connectivity index (χ3n) is 2.39. The molecule has 0 radical (unpaired) electrons. The molecule has 2 nitrogen and oxygen atoms in total. The van der Waals surface area contributed by atoms with E-state index in [0.29, 0.717) is 17.9 Å². The van der Waals surface area contributed by atoms with Crippen LogP contribution in [0.1, 0.15) is 10.4 Å². The van der Waals surface area contributed by atoms with E-state index in [1.807, 2.05) is 6.26 Å². The van der Waals surface area contributed by atoms with Crippen molar-refractivity contribution in [2.24, 2.45) is 5.92 Å². The van der Waals surface area contributed by atoms with Gasteiger partial charge < -0.3 is 4.74 Å². The van der Waals surface area contributed by atoms with Crippen molar-refractivity contribution < 1.29 is 13.9 Å². The number of hydrogen-bond acceptors (Lipinski definition) is 3. The van der Waals surface area contributed by atoms with E-state index in [0.717, 1.165) is 5.75 Å². The molecule has 0 saturated carbocycles. The highest BCUT2D eigenvalue weighted by Crippen LogP contribution is 2.28. The molecule has 4 heteroatoms. The largest absolute Gasteiger partial charge is 0.492 e. The van der Waals surface area contributed by atoms with Gasteiger partial charge in [-0.05, 0) is 24.5 Å². The highest BCUT2D eigenvalue weighted by Gasteiger charge is 2.28. The summed E-state index contributed by atoms with van der Waals surface area (Å²) in [6.45, 7) is 0.401. The average molecular weight is 226 g/mol. The van der Waals surface area contributed by atoms with Crippen molar-refractivity contribution in [3.05, 3.63) is 29.6 Å². The van der Waals surface area contributed by atoms with Gasteiger partial charge in [0.05, 0.1) is 18.1 Å². The van der Waals surface area contributed by atoms with E-state index >= 15 is 0 Å². The first kappa shape index (κ1) is 10.5. The molecule has 1 heterocycles. The summed E-state index contributed by atoms with van der Waals surface area (Å²) in [4.78, 5) is 11.9. The van der Waals surface area contributed by atoms with Gasteiger partial charge in [0, 0.05) is 5.75 Å². The highest BCUT2D eigenvalue weighted by molar-refractivity contribution is 7.98. The number of carbonyl (C=O) groups excluding carboxylic acids is 1. The van der Waals surface area contributed by atoms with Crippen LogP contribution in [0.2, 0.25) is 0 Å². The maximum atomic E-state index is 13.0. The fourth-order valence-electron chi connectivity index (χ4n) is 1.63. The Labute approximate surface area is 91.8 Å². The molecule has 0 bridgehead atoms. The van der Waals surface area contributed by atoms with E-state index in [9.17, 15) is 9.18 Å². The molecule has 0 fully saturated rings. The SMILES string of the molecule is CSCC1COc2ccc(F)cc2C1=O. The molecule has 0 saturated heterocycles. The smallest absolute Gasteiger partial charge is 0.174 e. The molecular weight excluding hydrogens is 215 g/mol. The standard InChI is InChI=1S/C11H11FO2S/c1-15-6-7-5-14-10-3-2-8(12)4-9(10)11(7)13/h2-4,7H,5-6H2,1H3. The second-order valence-corrected chi connectivity index (χ2v) is 4.38. The topological polar surface area (TPSA) is 26.3 Å². The molecule has 1 aliphatic rings. The summed E-state index contributed by atoms with van der Waals surface area (Å²) >= 11 is 1.60. The molecule has 0 aliphatic carbocycles. The van der Waals surface area contributed by atoms with E-state index in [-0.39, 0.29) is 11.7 Å². The molecule has 0 amide bonds. The molecule has 15 heavy (non-hydrogen) atoms. The van der Waals surface area contributed by atoms with Gasteiger partial charge in [-0.1, -0.05) is 0 Å². The lowest BCUT2D eigenvalue weighted by Gasteiger charge is -2.23. The first-order valence-electron chi connectivity index (χ1n) is 4.68. The number of carbonyl (C=O) groups is 1. The molecule has 1 aromatic carbocycles. The maximum Gasteiger partial charge on any atom is 0.174 e. The van der Waals surface area contributed by atoms with Gasteiger partial charge in [0.15, 0.2) is 5.78 Å². The monoisotopic (exact) mass is 226 g/mol. The number of hydrogen-bond donors (Lipinski definition) is 0. The van der Waals surface area contributed by atoms with E-state index < -0.39 is 5.82 Å². The van der Waals surface area contributed by atoms with Gasteiger partial charge in [-0.2, -0.15) is 11.8 Å². The van der Waals surface area contributed by atoms with Crippen molar-refractivity contribution in [2.45, 2.75) is 0 Å². The van der Waals surface area contributed by atoms with Crippen LogP contribution in [-0.2, 0) is 0 Å². The molecule has 1 aromatic rings. The van der Waals surface area contributed by atoms with E-state index in [4.69, 9.17) is 4.74 Å². The Bertz CT molecular complexity index is 392. The first-order chi connectivity index (χ1) is 7.22. The number of ether oxygens (including phenoxy) is 1. The summed E-state index contributed by atoms with van der Waals surface area (Å²) in [5, 5.41) is 0. The number of rotatable bonds is 2. The number of thioether (sulfide) groups is 1. The third kappa shape index (κ3) is 2.00. The van der Waals surface area contributed by atoms with Crippen LogP contribution in [-0.4, -0.2) is 24.4 Å². The molecule has 1 aliphatic heterocycles. The lowest BCUT2D eigenvalue weighted by Crippen LogP contribution is -2.29. The van der Waals surface area contributed by atoms with Gasteiger partial charge in [0.25, 0.3) is 0 Å². The fraction of sp³-hybridized carbons (Fsp3) is 0.364. The number of halogens is 1. The second kappa shape index (κ2) is 4.23. The predicted octanol–water partition coefficient (Wildman–Crippen LogP) is 2.38. The minimum Gasteiger partial charge on any atom is -0.492 e. The summed E-state index contributed by atoms with van der Waals surface area (Å²) < 4.78 is 18.4. The van der Waals surface area contributed by atoms with Gasteiger partial charge in [-0.3, -0.25) is 4.79 Å². The van der Waals surface area contributed by atoms with Crippen molar-refractivity contribution >= 4 is 17.5 Å². The van der Waals surface area contributed by atoms with Crippen molar-refractivity contribution in [1.82, 2.24) is 0 Å². The first-order valence-corrected chi connectivity index (χ1v) is 6.07. The summed E-state index contributed by atoms with van der Waals surface area (Å²) in [6.07, 6.45) is 1.94. The van der Waals surface area contributed by atoms with Crippen molar-refractivity contribution in [1.29, 1.82) is 0 Å². The number of Topliss-reactive ketones (excluding diaryl/α,β-unsaturated/α-hetero) is 1. The summed E-state index contributed by atoms with van der Waals surface area (Å²) in [7, 11) is 0. The lowest BCUT2D eigenvalue weighted by molar-refractivity contribution is 0.0852. The Morgan fingerprint density at radius 2 is 2.40 bits per heavy atom. The van der Waals surface area contributed by atoms with Gasteiger partial charge in [0.2, 0.25) is 0 Å². The van der Waals surface area contributed by atoms with E-state index in [2.05, 4.69) is 0 Å². The average Bonchev–Trinajstić information content (AvgIpc) is 2.23. The van der Waals surface area contributed by atoms with Crippen LogP contribution >= 0.6 is 11.8 Å². The molecule has 80 valence electrons. The van der Waals surface area contributed by atoms with Crippen LogP contribution in [0.5, 0.6) is 5.75 Å².